The molecule has 0 fully saturated rings. The van der Waals surface area contributed by atoms with E-state index in [2.05, 4.69) is 18.6 Å². The second-order valence-electron chi connectivity index (χ2n) is 6.03. The van der Waals surface area contributed by atoms with Crippen LogP contribution in [0.2, 0.25) is 0 Å². The number of alkyl halides is 2. The zero-order chi connectivity index (χ0) is 17.4. The van der Waals surface area contributed by atoms with Gasteiger partial charge in [0.1, 0.15) is 5.75 Å². The Bertz CT molecular complexity index is 478. The van der Waals surface area contributed by atoms with Gasteiger partial charge < -0.3 is 15.4 Å². The molecule has 0 aliphatic heterocycles. The first-order chi connectivity index (χ1) is 10.8. The molecule has 2 N–H and O–H groups in total. The number of amides is 1. The van der Waals surface area contributed by atoms with Crippen LogP contribution >= 0.6 is 0 Å². The van der Waals surface area contributed by atoms with Gasteiger partial charge in [-0.25, -0.2) is 0 Å². The lowest BCUT2D eigenvalue weighted by atomic mass is 10.0. The summed E-state index contributed by atoms with van der Waals surface area (Å²) in [5.74, 6) is 0.566. The SMILES string of the molecule is CC(C)C(N)CCN(C)C(=O)CCc1ccc(OC(F)F)cc1. The molecule has 0 saturated heterocycles. The molecule has 1 amide bonds. The minimum absolute atomic E-state index is 0.0499. The van der Waals surface area contributed by atoms with E-state index in [9.17, 15) is 13.6 Å². The summed E-state index contributed by atoms with van der Waals surface area (Å²) in [6.07, 6.45) is 1.72. The van der Waals surface area contributed by atoms with Gasteiger partial charge in [0.15, 0.2) is 0 Å². The van der Waals surface area contributed by atoms with Crippen molar-refractivity contribution in [1.82, 2.24) is 4.90 Å². The number of nitrogens with two attached hydrogens (primary N) is 1. The molecule has 0 bridgehead atoms. The third-order valence-electron chi connectivity index (χ3n) is 3.86. The molecule has 0 aromatic heterocycles. The van der Waals surface area contributed by atoms with Gasteiger partial charge in [-0.05, 0) is 36.5 Å². The molecule has 0 saturated carbocycles. The molecule has 0 heterocycles. The van der Waals surface area contributed by atoms with E-state index in [1.807, 2.05) is 0 Å². The quantitative estimate of drug-likeness (QED) is 0.758. The van der Waals surface area contributed by atoms with Gasteiger partial charge in [0.05, 0.1) is 0 Å². The van der Waals surface area contributed by atoms with E-state index >= 15 is 0 Å². The van der Waals surface area contributed by atoms with Gasteiger partial charge in [0.25, 0.3) is 0 Å². The summed E-state index contributed by atoms with van der Waals surface area (Å²) in [5, 5.41) is 0. The normalized spacial score (nSPS) is 12.5. The van der Waals surface area contributed by atoms with Crippen LogP contribution in [0.5, 0.6) is 5.75 Å². The minimum atomic E-state index is -2.83. The van der Waals surface area contributed by atoms with E-state index in [1.165, 1.54) is 12.1 Å². The van der Waals surface area contributed by atoms with E-state index in [4.69, 9.17) is 5.73 Å². The lowest BCUT2D eigenvalue weighted by Crippen LogP contribution is -2.34. The van der Waals surface area contributed by atoms with Crippen molar-refractivity contribution >= 4 is 5.91 Å². The molecule has 4 nitrogen and oxygen atoms in total. The Kier molecular flexibility index (Phi) is 7.95. The van der Waals surface area contributed by atoms with E-state index in [1.54, 1.807) is 24.1 Å². The van der Waals surface area contributed by atoms with Gasteiger partial charge in [-0.15, -0.1) is 0 Å². The van der Waals surface area contributed by atoms with Gasteiger partial charge in [0.2, 0.25) is 5.91 Å². The molecule has 130 valence electrons. The Hall–Kier alpha value is -1.69. The molecule has 23 heavy (non-hydrogen) atoms. The second-order valence-corrected chi connectivity index (χ2v) is 6.03. The standard InChI is InChI=1S/C17H26F2N2O2/c1-12(2)15(20)10-11-21(3)16(22)9-6-13-4-7-14(8-5-13)23-17(18)19/h4-5,7-8,12,15,17H,6,9-11,20H2,1-3H3. The van der Waals surface area contributed by atoms with E-state index < -0.39 is 6.61 Å². The number of benzene rings is 1. The fraction of sp³-hybridized carbons (Fsp3) is 0.588. The van der Waals surface area contributed by atoms with Gasteiger partial charge in [-0.2, -0.15) is 8.78 Å². The summed E-state index contributed by atoms with van der Waals surface area (Å²) in [7, 11) is 1.77. The van der Waals surface area contributed by atoms with E-state index in [0.717, 1.165) is 12.0 Å². The predicted molar refractivity (Wildman–Crippen MR) is 86.5 cm³/mol. The summed E-state index contributed by atoms with van der Waals surface area (Å²) in [6, 6.07) is 6.45. The third kappa shape index (κ3) is 7.41. The van der Waals surface area contributed by atoms with Crippen molar-refractivity contribution in [2.45, 2.75) is 45.8 Å². The van der Waals surface area contributed by atoms with Gasteiger partial charge in [-0.3, -0.25) is 4.79 Å². The molecule has 1 rings (SSSR count). The maximum absolute atomic E-state index is 12.1. The summed E-state index contributed by atoms with van der Waals surface area (Å²) in [6.45, 7) is 1.94. The number of halogens is 2. The number of nitrogens with zero attached hydrogens (tertiary/aromatic N) is 1. The largest absolute Gasteiger partial charge is 0.435 e. The fourth-order valence-electron chi connectivity index (χ4n) is 2.08. The Labute approximate surface area is 136 Å². The third-order valence-corrected chi connectivity index (χ3v) is 3.86. The number of carbonyl (C=O) groups excluding carboxylic acids is 1. The summed E-state index contributed by atoms with van der Waals surface area (Å²) in [4.78, 5) is 13.8. The molecular formula is C17H26F2N2O2. The van der Waals surface area contributed by atoms with Crippen LogP contribution in [0.4, 0.5) is 8.78 Å². The van der Waals surface area contributed by atoms with Crippen molar-refractivity contribution in [3.05, 3.63) is 29.8 Å². The molecule has 0 spiro atoms. The topological polar surface area (TPSA) is 55.6 Å². The maximum Gasteiger partial charge on any atom is 0.387 e. The minimum Gasteiger partial charge on any atom is -0.435 e. The number of hydrogen-bond acceptors (Lipinski definition) is 3. The average molecular weight is 328 g/mol. The molecule has 0 radical (unpaired) electrons. The molecule has 0 aliphatic rings. The van der Waals surface area contributed by atoms with Crippen LogP contribution in [0.15, 0.2) is 24.3 Å². The van der Waals surface area contributed by atoms with Crippen LogP contribution < -0.4 is 10.5 Å². The smallest absolute Gasteiger partial charge is 0.387 e. The zero-order valence-electron chi connectivity index (χ0n) is 14.0. The Morgan fingerprint density at radius 3 is 2.39 bits per heavy atom. The molecule has 1 aromatic rings. The Balaban J connectivity index is 2.37. The fourth-order valence-corrected chi connectivity index (χ4v) is 2.08. The molecule has 1 aromatic carbocycles. The van der Waals surface area contributed by atoms with Crippen LogP contribution in [-0.4, -0.2) is 37.1 Å². The van der Waals surface area contributed by atoms with Crippen molar-refractivity contribution in [2.75, 3.05) is 13.6 Å². The zero-order valence-corrected chi connectivity index (χ0v) is 14.0. The number of rotatable bonds is 9. The summed E-state index contributed by atoms with van der Waals surface area (Å²) < 4.78 is 28.4. The monoisotopic (exact) mass is 328 g/mol. The highest BCUT2D eigenvalue weighted by molar-refractivity contribution is 5.76. The van der Waals surface area contributed by atoms with Crippen LogP contribution in [-0.2, 0) is 11.2 Å². The molecule has 1 atom stereocenters. The highest BCUT2D eigenvalue weighted by Crippen LogP contribution is 2.16. The number of carbonyl (C=O) groups is 1. The maximum atomic E-state index is 12.1. The number of aryl methyl sites for hydroxylation is 1. The Morgan fingerprint density at radius 1 is 1.26 bits per heavy atom. The predicted octanol–water partition coefficient (Wildman–Crippen LogP) is 3.05. The molecular weight excluding hydrogens is 302 g/mol. The van der Waals surface area contributed by atoms with Crippen molar-refractivity contribution in [3.63, 3.8) is 0 Å². The van der Waals surface area contributed by atoms with E-state index in [0.29, 0.717) is 25.3 Å². The van der Waals surface area contributed by atoms with Crippen LogP contribution in [0.25, 0.3) is 0 Å². The number of ether oxygens (including phenoxy) is 1. The van der Waals surface area contributed by atoms with Crippen LogP contribution in [0.1, 0.15) is 32.3 Å². The first-order valence-electron chi connectivity index (χ1n) is 7.83. The first kappa shape index (κ1) is 19.4. The van der Waals surface area contributed by atoms with Crippen LogP contribution in [0, 0.1) is 5.92 Å². The lowest BCUT2D eigenvalue weighted by molar-refractivity contribution is -0.129. The number of hydrogen-bond donors (Lipinski definition) is 1. The van der Waals surface area contributed by atoms with Crippen LogP contribution in [0.3, 0.4) is 0 Å². The molecule has 1 unspecified atom stereocenters. The van der Waals surface area contributed by atoms with Gasteiger partial charge in [-0.1, -0.05) is 26.0 Å². The summed E-state index contributed by atoms with van der Waals surface area (Å²) >= 11 is 0. The average Bonchev–Trinajstić information content (AvgIpc) is 2.50. The summed E-state index contributed by atoms with van der Waals surface area (Å²) in [5.41, 5.74) is 6.88. The van der Waals surface area contributed by atoms with Crippen molar-refractivity contribution in [2.24, 2.45) is 11.7 Å². The van der Waals surface area contributed by atoms with Crippen molar-refractivity contribution in [3.8, 4) is 5.75 Å². The van der Waals surface area contributed by atoms with Gasteiger partial charge in [0, 0.05) is 26.1 Å². The lowest BCUT2D eigenvalue weighted by Gasteiger charge is -2.21. The molecule has 6 heteroatoms. The van der Waals surface area contributed by atoms with E-state index in [-0.39, 0.29) is 17.7 Å². The highest BCUT2D eigenvalue weighted by atomic mass is 19.3. The Morgan fingerprint density at radius 2 is 1.87 bits per heavy atom. The van der Waals surface area contributed by atoms with Crippen molar-refractivity contribution < 1.29 is 18.3 Å². The first-order valence-corrected chi connectivity index (χ1v) is 7.83. The molecule has 0 aliphatic carbocycles. The van der Waals surface area contributed by atoms with Crippen molar-refractivity contribution in [1.29, 1.82) is 0 Å². The highest BCUT2D eigenvalue weighted by Gasteiger charge is 2.13. The second kappa shape index (κ2) is 9.45. The van der Waals surface area contributed by atoms with Gasteiger partial charge >= 0.3 is 6.61 Å².